The molecule has 0 radical (unpaired) electrons. The first-order valence-corrected chi connectivity index (χ1v) is 12.9. The van der Waals surface area contributed by atoms with Gasteiger partial charge in [0.15, 0.2) is 0 Å². The number of rotatable bonds is 9. The quantitative estimate of drug-likeness (QED) is 0.442. The highest BCUT2D eigenvalue weighted by Gasteiger charge is 2.32. The van der Waals surface area contributed by atoms with Gasteiger partial charge in [0, 0.05) is 23.6 Å². The molecular weight excluding hydrogens is 509 g/mol. The summed E-state index contributed by atoms with van der Waals surface area (Å²) in [6.07, 6.45) is 0. The van der Waals surface area contributed by atoms with Crippen molar-refractivity contribution in [1.29, 1.82) is 0 Å². The maximum absolute atomic E-state index is 13.6. The predicted molar refractivity (Wildman–Crippen MR) is 138 cm³/mol. The van der Waals surface area contributed by atoms with Crippen molar-refractivity contribution in [3.05, 3.63) is 94.5 Å². The van der Waals surface area contributed by atoms with E-state index in [4.69, 9.17) is 23.2 Å². The Labute approximate surface area is 215 Å². The summed E-state index contributed by atoms with van der Waals surface area (Å²) in [5.41, 5.74) is 0.923. The molecular formula is C25H25Cl2N3O4S. The predicted octanol–water partition coefficient (Wildman–Crippen LogP) is 4.35. The van der Waals surface area contributed by atoms with Crippen LogP contribution in [-0.4, -0.2) is 44.8 Å². The minimum absolute atomic E-state index is 0.0218. The normalized spacial score (nSPS) is 12.0. The summed E-state index contributed by atoms with van der Waals surface area (Å²) in [6.45, 7) is 1.10. The summed E-state index contributed by atoms with van der Waals surface area (Å²) in [5.74, 6) is -0.957. The summed E-state index contributed by atoms with van der Waals surface area (Å²) >= 11 is 12.2. The standard InChI is InChI=1S/C25H25Cl2N3O4S/c1-18(25(32)28-2)29(16-19-8-6-9-20(26)14-19)24(31)17-30(22-11-7-10-21(27)15-22)35(33,34)23-12-4-3-5-13-23/h3-15,18H,16-17H2,1-2H3,(H,28,32)/t18-/m0/s1. The first-order valence-electron chi connectivity index (χ1n) is 10.7. The van der Waals surface area contributed by atoms with Crippen molar-refractivity contribution >= 4 is 50.7 Å². The highest BCUT2D eigenvalue weighted by Crippen LogP contribution is 2.27. The van der Waals surface area contributed by atoms with Crippen LogP contribution in [0.2, 0.25) is 10.0 Å². The van der Waals surface area contributed by atoms with Crippen LogP contribution in [0, 0.1) is 0 Å². The Morgan fingerprint density at radius 2 is 1.54 bits per heavy atom. The van der Waals surface area contributed by atoms with Crippen molar-refractivity contribution < 1.29 is 18.0 Å². The molecule has 0 unspecified atom stereocenters. The third-order valence-electron chi connectivity index (χ3n) is 5.36. The Hall–Kier alpha value is -3.07. The van der Waals surface area contributed by atoms with Gasteiger partial charge in [0.25, 0.3) is 10.0 Å². The van der Waals surface area contributed by atoms with Gasteiger partial charge in [0.05, 0.1) is 10.6 Å². The van der Waals surface area contributed by atoms with E-state index in [2.05, 4.69) is 5.32 Å². The second kappa shape index (κ2) is 11.6. The van der Waals surface area contributed by atoms with Gasteiger partial charge < -0.3 is 10.2 Å². The monoisotopic (exact) mass is 533 g/mol. The fraction of sp³-hybridized carbons (Fsp3) is 0.200. The van der Waals surface area contributed by atoms with Gasteiger partial charge in [-0.2, -0.15) is 0 Å². The summed E-state index contributed by atoms with van der Waals surface area (Å²) in [7, 11) is -2.65. The van der Waals surface area contributed by atoms with Crippen LogP contribution in [-0.2, 0) is 26.2 Å². The maximum Gasteiger partial charge on any atom is 0.264 e. The SMILES string of the molecule is CNC(=O)[C@H](C)N(Cc1cccc(Cl)c1)C(=O)CN(c1cccc(Cl)c1)S(=O)(=O)c1ccccc1. The zero-order valence-electron chi connectivity index (χ0n) is 19.2. The number of nitrogens with zero attached hydrogens (tertiary/aromatic N) is 2. The van der Waals surface area contributed by atoms with E-state index in [0.717, 1.165) is 4.31 Å². The number of nitrogens with one attached hydrogen (secondary N) is 1. The van der Waals surface area contributed by atoms with Crippen molar-refractivity contribution in [1.82, 2.24) is 10.2 Å². The molecule has 35 heavy (non-hydrogen) atoms. The molecule has 0 spiro atoms. The number of hydrogen-bond acceptors (Lipinski definition) is 4. The minimum atomic E-state index is -4.13. The van der Waals surface area contributed by atoms with Gasteiger partial charge in [-0.25, -0.2) is 8.42 Å². The summed E-state index contributed by atoms with van der Waals surface area (Å²) in [5, 5.41) is 3.34. The van der Waals surface area contributed by atoms with E-state index in [0.29, 0.717) is 15.6 Å². The third kappa shape index (κ3) is 6.54. The average molecular weight is 534 g/mol. The van der Waals surface area contributed by atoms with E-state index in [1.807, 2.05) is 0 Å². The molecule has 0 aromatic heterocycles. The average Bonchev–Trinajstić information content (AvgIpc) is 2.85. The smallest absolute Gasteiger partial charge is 0.264 e. The van der Waals surface area contributed by atoms with E-state index in [1.165, 1.54) is 30.1 Å². The summed E-state index contributed by atoms with van der Waals surface area (Å²) < 4.78 is 28.2. The molecule has 0 aliphatic heterocycles. The highest BCUT2D eigenvalue weighted by atomic mass is 35.5. The second-order valence-electron chi connectivity index (χ2n) is 7.75. The molecule has 7 nitrogen and oxygen atoms in total. The molecule has 3 rings (SSSR count). The van der Waals surface area contributed by atoms with Crippen LogP contribution in [0.4, 0.5) is 5.69 Å². The summed E-state index contributed by atoms with van der Waals surface area (Å²) in [6, 6.07) is 20.1. The largest absolute Gasteiger partial charge is 0.357 e. The zero-order chi connectivity index (χ0) is 25.6. The molecule has 1 atom stereocenters. The van der Waals surface area contributed by atoms with Crippen LogP contribution in [0.5, 0.6) is 0 Å². The number of likely N-dealkylation sites (N-methyl/N-ethyl adjacent to an activating group) is 1. The van der Waals surface area contributed by atoms with Gasteiger partial charge in [0.1, 0.15) is 12.6 Å². The third-order valence-corrected chi connectivity index (χ3v) is 7.62. The van der Waals surface area contributed by atoms with Crippen molar-refractivity contribution in [3.63, 3.8) is 0 Å². The van der Waals surface area contributed by atoms with Crippen molar-refractivity contribution in [2.24, 2.45) is 0 Å². The van der Waals surface area contributed by atoms with Crippen molar-refractivity contribution in [3.8, 4) is 0 Å². The van der Waals surface area contributed by atoms with Crippen LogP contribution in [0.3, 0.4) is 0 Å². The Bertz CT molecular complexity index is 1300. The van der Waals surface area contributed by atoms with Gasteiger partial charge in [-0.3, -0.25) is 13.9 Å². The number of carbonyl (C=O) groups excluding carboxylic acids is 2. The lowest BCUT2D eigenvalue weighted by atomic mass is 10.1. The molecule has 0 aliphatic rings. The number of carbonyl (C=O) groups is 2. The van der Waals surface area contributed by atoms with Gasteiger partial charge in [-0.05, 0) is 55.0 Å². The number of anilines is 1. The molecule has 0 fully saturated rings. The molecule has 0 aliphatic carbocycles. The lowest BCUT2D eigenvalue weighted by molar-refractivity contribution is -0.139. The first-order chi connectivity index (χ1) is 16.6. The Morgan fingerprint density at radius 3 is 2.14 bits per heavy atom. The van der Waals surface area contributed by atoms with Gasteiger partial charge in [0.2, 0.25) is 11.8 Å². The zero-order valence-corrected chi connectivity index (χ0v) is 21.5. The van der Waals surface area contributed by atoms with Gasteiger partial charge in [-0.15, -0.1) is 0 Å². The lowest BCUT2D eigenvalue weighted by Gasteiger charge is -2.31. The molecule has 0 saturated carbocycles. The number of benzene rings is 3. The van der Waals surface area contributed by atoms with Crippen LogP contribution in [0.15, 0.2) is 83.8 Å². The van der Waals surface area contributed by atoms with Crippen molar-refractivity contribution in [2.75, 3.05) is 17.9 Å². The van der Waals surface area contributed by atoms with Gasteiger partial charge in [-0.1, -0.05) is 59.6 Å². The Kier molecular flexibility index (Phi) is 8.77. The molecule has 1 N–H and O–H groups in total. The fourth-order valence-corrected chi connectivity index (χ4v) is 5.33. The number of hydrogen-bond donors (Lipinski definition) is 1. The highest BCUT2D eigenvalue weighted by molar-refractivity contribution is 7.92. The molecule has 184 valence electrons. The Morgan fingerprint density at radius 1 is 0.914 bits per heavy atom. The molecule has 10 heteroatoms. The van der Waals surface area contributed by atoms with Gasteiger partial charge >= 0.3 is 0 Å². The molecule has 2 amide bonds. The lowest BCUT2D eigenvalue weighted by Crippen LogP contribution is -2.50. The van der Waals surface area contributed by atoms with Crippen LogP contribution < -0.4 is 9.62 Å². The van der Waals surface area contributed by atoms with E-state index >= 15 is 0 Å². The fourth-order valence-electron chi connectivity index (χ4n) is 3.50. The number of halogens is 2. The molecule has 3 aromatic rings. The second-order valence-corrected chi connectivity index (χ2v) is 10.5. The topological polar surface area (TPSA) is 86.8 Å². The molecule has 0 heterocycles. The number of sulfonamides is 1. The molecule has 3 aromatic carbocycles. The summed E-state index contributed by atoms with van der Waals surface area (Å²) in [4.78, 5) is 27.4. The number of amides is 2. The molecule has 0 bridgehead atoms. The van der Waals surface area contributed by atoms with E-state index in [-0.39, 0.29) is 23.0 Å². The maximum atomic E-state index is 13.6. The van der Waals surface area contributed by atoms with Crippen LogP contribution in [0.1, 0.15) is 12.5 Å². The molecule has 0 saturated heterocycles. The minimum Gasteiger partial charge on any atom is -0.357 e. The first kappa shape index (κ1) is 26.5. The van der Waals surface area contributed by atoms with E-state index in [9.17, 15) is 18.0 Å². The van der Waals surface area contributed by atoms with Crippen molar-refractivity contribution in [2.45, 2.75) is 24.4 Å². The van der Waals surface area contributed by atoms with Crippen LogP contribution >= 0.6 is 23.2 Å². The van der Waals surface area contributed by atoms with Crippen LogP contribution in [0.25, 0.3) is 0 Å². The van der Waals surface area contributed by atoms with E-state index < -0.39 is 28.5 Å². The Balaban J connectivity index is 2.02. The van der Waals surface area contributed by atoms with E-state index in [1.54, 1.807) is 67.6 Å².